The van der Waals surface area contributed by atoms with Gasteiger partial charge in [-0.3, -0.25) is 0 Å². The van der Waals surface area contributed by atoms with Crippen LogP contribution in [0.2, 0.25) is 0 Å². The number of carbonyl (C=O) groups excluding carboxylic acids is 1. The summed E-state index contributed by atoms with van der Waals surface area (Å²) in [6.07, 6.45) is 0.819. The maximum Gasteiger partial charge on any atom is 0.343 e. The van der Waals surface area contributed by atoms with E-state index < -0.39 is 5.97 Å². The minimum absolute atomic E-state index is 0.0879. The quantitative estimate of drug-likeness (QED) is 0.467. The number of benzene rings is 2. The third-order valence-electron chi connectivity index (χ3n) is 4.66. The fourth-order valence-corrected chi connectivity index (χ4v) is 3.13. The molecular weight excluding hydrogens is 356 g/mol. The van der Waals surface area contributed by atoms with E-state index in [2.05, 4.69) is 44.6 Å². The Morgan fingerprint density at radius 2 is 1.68 bits per heavy atom. The molecule has 2 aromatic rings. The summed E-state index contributed by atoms with van der Waals surface area (Å²) < 4.78 is 20.9. The molecule has 0 saturated carbocycles. The minimum atomic E-state index is -0.392. The van der Waals surface area contributed by atoms with Crippen molar-refractivity contribution < 1.29 is 23.7 Å². The van der Waals surface area contributed by atoms with Gasteiger partial charge in [0, 0.05) is 7.11 Å². The van der Waals surface area contributed by atoms with Gasteiger partial charge in [-0.15, -0.1) is 0 Å². The second kappa shape index (κ2) is 10.1. The molecule has 0 aromatic heterocycles. The predicted molar refractivity (Wildman–Crippen MR) is 109 cm³/mol. The summed E-state index contributed by atoms with van der Waals surface area (Å²) in [5, 5.41) is 0. The van der Waals surface area contributed by atoms with E-state index in [1.54, 1.807) is 7.11 Å². The average molecular weight is 386 g/mol. The maximum atomic E-state index is 11.3. The van der Waals surface area contributed by atoms with Crippen LogP contribution < -0.4 is 9.47 Å². The lowest BCUT2D eigenvalue weighted by Gasteiger charge is -2.17. The molecule has 0 aliphatic rings. The third-order valence-corrected chi connectivity index (χ3v) is 4.66. The number of esters is 1. The van der Waals surface area contributed by atoms with Crippen LogP contribution in [0, 0.1) is 13.8 Å². The van der Waals surface area contributed by atoms with Crippen molar-refractivity contribution in [3.8, 4) is 11.5 Å². The molecule has 0 aliphatic heterocycles. The van der Waals surface area contributed by atoms with E-state index >= 15 is 0 Å². The maximum absolute atomic E-state index is 11.3. The van der Waals surface area contributed by atoms with Gasteiger partial charge in [-0.1, -0.05) is 26.0 Å². The first kappa shape index (κ1) is 21.8. The lowest BCUT2D eigenvalue weighted by Crippen LogP contribution is -2.13. The van der Waals surface area contributed by atoms with Gasteiger partial charge in [-0.2, -0.15) is 0 Å². The summed E-state index contributed by atoms with van der Waals surface area (Å²) in [7, 11) is 2.97. The molecule has 0 fully saturated rings. The molecule has 5 nitrogen and oxygen atoms in total. The highest BCUT2D eigenvalue weighted by atomic mass is 16.7. The molecule has 28 heavy (non-hydrogen) atoms. The molecular formula is C23H30O5. The van der Waals surface area contributed by atoms with Crippen LogP contribution in [0.25, 0.3) is 0 Å². The lowest BCUT2D eigenvalue weighted by molar-refractivity contribution is -0.142. The summed E-state index contributed by atoms with van der Waals surface area (Å²) in [5.74, 6) is 1.50. The fraction of sp³-hybridized carbons (Fsp3) is 0.435. The van der Waals surface area contributed by atoms with Crippen molar-refractivity contribution >= 4 is 5.97 Å². The zero-order valence-electron chi connectivity index (χ0n) is 17.6. The Morgan fingerprint density at radius 1 is 1.00 bits per heavy atom. The highest BCUT2D eigenvalue weighted by Crippen LogP contribution is 2.30. The zero-order chi connectivity index (χ0) is 20.7. The molecule has 5 heteroatoms. The first-order valence-electron chi connectivity index (χ1n) is 9.40. The molecule has 2 rings (SSSR count). The second-order valence-corrected chi connectivity index (χ2v) is 7.15. The molecule has 0 amide bonds. The largest absolute Gasteiger partial charge is 0.482 e. The standard InChI is InChI=1S/C23H30O5/c1-15(2)20-11-18(7-8-22(20)28-14-25-5)12-21-16(3)9-19(10-17(21)4)27-13-23(24)26-6/h7-11,15H,12-14H2,1-6H3. The molecule has 0 atom stereocenters. The number of carbonyl (C=O) groups is 1. The zero-order valence-corrected chi connectivity index (χ0v) is 17.6. The molecule has 0 heterocycles. The summed E-state index contributed by atoms with van der Waals surface area (Å²) >= 11 is 0. The van der Waals surface area contributed by atoms with Crippen molar-refractivity contribution in [1.82, 2.24) is 0 Å². The Morgan fingerprint density at radius 3 is 2.25 bits per heavy atom. The van der Waals surface area contributed by atoms with Crippen molar-refractivity contribution in [1.29, 1.82) is 0 Å². The van der Waals surface area contributed by atoms with Crippen molar-refractivity contribution in [3.63, 3.8) is 0 Å². The van der Waals surface area contributed by atoms with E-state index in [9.17, 15) is 4.79 Å². The summed E-state index contributed by atoms with van der Waals surface area (Å²) in [6.45, 7) is 8.59. The first-order chi connectivity index (χ1) is 13.3. The van der Waals surface area contributed by atoms with Crippen LogP contribution in [0.3, 0.4) is 0 Å². The predicted octanol–water partition coefficient (Wildman–Crippen LogP) is 4.55. The second-order valence-electron chi connectivity index (χ2n) is 7.15. The summed E-state index contributed by atoms with van der Waals surface area (Å²) in [4.78, 5) is 11.3. The van der Waals surface area contributed by atoms with Gasteiger partial charge >= 0.3 is 5.97 Å². The van der Waals surface area contributed by atoms with E-state index in [1.165, 1.54) is 23.8 Å². The number of hydrogen-bond donors (Lipinski definition) is 0. The van der Waals surface area contributed by atoms with Crippen LogP contribution in [0.1, 0.15) is 47.6 Å². The van der Waals surface area contributed by atoms with Gasteiger partial charge in [-0.25, -0.2) is 4.79 Å². The molecule has 0 unspecified atom stereocenters. The Balaban J connectivity index is 2.22. The minimum Gasteiger partial charge on any atom is -0.482 e. The molecule has 0 spiro atoms. The number of hydrogen-bond acceptors (Lipinski definition) is 5. The normalized spacial score (nSPS) is 10.8. The van der Waals surface area contributed by atoms with Crippen molar-refractivity contribution in [3.05, 3.63) is 58.1 Å². The van der Waals surface area contributed by atoms with Crippen molar-refractivity contribution in [2.45, 2.75) is 40.0 Å². The first-order valence-corrected chi connectivity index (χ1v) is 9.40. The van der Waals surface area contributed by atoms with Crippen LogP contribution in [-0.4, -0.2) is 33.6 Å². The Hall–Kier alpha value is -2.53. The number of methoxy groups -OCH3 is 2. The number of rotatable bonds is 9. The van der Waals surface area contributed by atoms with E-state index in [-0.39, 0.29) is 13.4 Å². The van der Waals surface area contributed by atoms with Gasteiger partial charge in [0.15, 0.2) is 13.4 Å². The van der Waals surface area contributed by atoms with Gasteiger partial charge in [0.25, 0.3) is 0 Å². The molecule has 0 aliphatic carbocycles. The number of aryl methyl sites for hydroxylation is 2. The van der Waals surface area contributed by atoms with Gasteiger partial charge in [0.05, 0.1) is 7.11 Å². The van der Waals surface area contributed by atoms with E-state index in [0.29, 0.717) is 11.7 Å². The van der Waals surface area contributed by atoms with E-state index in [1.807, 2.05) is 18.2 Å². The van der Waals surface area contributed by atoms with E-state index in [4.69, 9.17) is 14.2 Å². The van der Waals surface area contributed by atoms with Crippen LogP contribution in [0.15, 0.2) is 30.3 Å². The highest BCUT2D eigenvalue weighted by molar-refractivity contribution is 5.70. The summed E-state index contributed by atoms with van der Waals surface area (Å²) in [6, 6.07) is 10.2. The molecule has 2 aromatic carbocycles. The number of ether oxygens (including phenoxy) is 4. The molecule has 0 bridgehead atoms. The Bertz CT molecular complexity index is 788. The van der Waals surface area contributed by atoms with Gasteiger partial charge in [0.2, 0.25) is 0 Å². The SMILES string of the molecule is COCOc1ccc(Cc2c(C)cc(OCC(=O)OC)cc2C)cc1C(C)C. The monoisotopic (exact) mass is 386 g/mol. The van der Waals surface area contributed by atoms with Crippen LogP contribution >= 0.6 is 0 Å². The van der Waals surface area contributed by atoms with E-state index in [0.717, 1.165) is 23.3 Å². The molecule has 0 N–H and O–H groups in total. The van der Waals surface area contributed by atoms with Crippen molar-refractivity contribution in [2.24, 2.45) is 0 Å². The van der Waals surface area contributed by atoms with Gasteiger partial charge < -0.3 is 18.9 Å². The highest BCUT2D eigenvalue weighted by Gasteiger charge is 2.13. The molecule has 152 valence electrons. The topological polar surface area (TPSA) is 54.0 Å². The van der Waals surface area contributed by atoms with Gasteiger partial charge in [-0.05, 0) is 72.2 Å². The van der Waals surface area contributed by atoms with Crippen LogP contribution in [0.4, 0.5) is 0 Å². The smallest absolute Gasteiger partial charge is 0.343 e. The van der Waals surface area contributed by atoms with Crippen molar-refractivity contribution in [2.75, 3.05) is 27.6 Å². The molecule has 0 saturated heterocycles. The summed E-state index contributed by atoms with van der Waals surface area (Å²) in [5.41, 5.74) is 5.91. The lowest BCUT2D eigenvalue weighted by atomic mass is 9.93. The fourth-order valence-electron chi connectivity index (χ4n) is 3.13. The Labute approximate surface area is 167 Å². The van der Waals surface area contributed by atoms with Gasteiger partial charge in [0.1, 0.15) is 11.5 Å². The third kappa shape index (κ3) is 5.73. The average Bonchev–Trinajstić information content (AvgIpc) is 2.67. The van der Waals surface area contributed by atoms with Crippen LogP contribution in [0.5, 0.6) is 11.5 Å². The molecule has 0 radical (unpaired) electrons. The Kier molecular flexibility index (Phi) is 7.88. The van der Waals surface area contributed by atoms with Crippen LogP contribution in [-0.2, 0) is 20.7 Å².